The predicted octanol–water partition coefficient (Wildman–Crippen LogP) is 4.64. The lowest BCUT2D eigenvalue weighted by atomic mass is 10.2. The Labute approximate surface area is 167 Å². The third-order valence-electron chi connectivity index (χ3n) is 4.67. The molecule has 7 heteroatoms. The molecule has 0 spiro atoms. The first-order chi connectivity index (χ1) is 14.2. The summed E-state index contributed by atoms with van der Waals surface area (Å²) in [4.78, 5) is 26.4. The highest BCUT2D eigenvalue weighted by Crippen LogP contribution is 2.32. The monoisotopic (exact) mass is 392 g/mol. The lowest BCUT2D eigenvalue weighted by Crippen LogP contribution is -2.38. The van der Waals surface area contributed by atoms with E-state index in [2.05, 4.69) is 5.16 Å². The van der Waals surface area contributed by atoms with Crippen LogP contribution in [0, 0.1) is 0 Å². The van der Waals surface area contributed by atoms with Crippen molar-refractivity contribution in [2.24, 2.45) is 0 Å². The zero-order chi connectivity index (χ0) is 20.1. The maximum absolute atomic E-state index is 12.8. The number of fused-ring (bicyclic) bond motifs is 1. The van der Waals surface area contributed by atoms with E-state index >= 15 is 0 Å². The number of imide groups is 1. The highest BCUT2D eigenvalue weighted by atomic mass is 16.6. The van der Waals surface area contributed by atoms with Gasteiger partial charge in [0.15, 0.2) is 0 Å². The fourth-order valence-electron chi connectivity index (χ4n) is 3.20. The normalized spacial score (nSPS) is 12.3. The molecule has 0 unspecified atom stereocenters. The van der Waals surface area contributed by atoms with Crippen LogP contribution < -0.4 is 4.90 Å². The van der Waals surface area contributed by atoms with Gasteiger partial charge in [0.25, 0.3) is 0 Å². The van der Waals surface area contributed by atoms with Crippen molar-refractivity contribution in [3.63, 3.8) is 0 Å². The minimum absolute atomic E-state index is 0.0263. The number of aryl methyl sites for hydroxylation is 1. The Kier molecular flexibility index (Phi) is 5.56. The van der Waals surface area contributed by atoms with Gasteiger partial charge in [0, 0.05) is 5.56 Å². The van der Waals surface area contributed by atoms with Crippen LogP contribution in [0.2, 0.25) is 0 Å². The Bertz CT molecular complexity index is 929. The summed E-state index contributed by atoms with van der Waals surface area (Å²) in [6.45, 7) is 0.0525. The molecule has 0 aliphatic heterocycles. The lowest BCUT2D eigenvalue weighted by molar-refractivity contribution is 0.125. The maximum atomic E-state index is 12.8. The molecule has 0 saturated carbocycles. The number of ether oxygens (including phenoxy) is 2. The van der Waals surface area contributed by atoms with Crippen LogP contribution >= 0.6 is 0 Å². The molecule has 29 heavy (non-hydrogen) atoms. The van der Waals surface area contributed by atoms with E-state index in [0.717, 1.165) is 40.1 Å². The zero-order valence-corrected chi connectivity index (χ0v) is 15.7. The smallest absolute Gasteiger partial charge is 0.426 e. The van der Waals surface area contributed by atoms with Crippen molar-refractivity contribution in [3.8, 4) is 0 Å². The number of amides is 2. The molecule has 4 rings (SSSR count). The van der Waals surface area contributed by atoms with Crippen LogP contribution in [0.4, 0.5) is 15.5 Å². The predicted molar refractivity (Wildman–Crippen MR) is 104 cm³/mol. The number of benzene rings is 2. The largest absolute Gasteiger partial charge is 0.444 e. The van der Waals surface area contributed by atoms with E-state index in [-0.39, 0.29) is 19.1 Å². The van der Waals surface area contributed by atoms with Gasteiger partial charge in [-0.15, -0.1) is 4.90 Å². The zero-order valence-electron chi connectivity index (χ0n) is 15.7. The van der Waals surface area contributed by atoms with E-state index in [9.17, 15) is 9.59 Å². The van der Waals surface area contributed by atoms with E-state index in [1.54, 1.807) is 0 Å². The summed E-state index contributed by atoms with van der Waals surface area (Å²) in [6, 6.07) is 18.4. The molecule has 0 bridgehead atoms. The summed E-state index contributed by atoms with van der Waals surface area (Å²) >= 11 is 0. The molecule has 1 aliphatic rings. The topological polar surface area (TPSA) is 81.9 Å². The average Bonchev–Trinajstić information content (AvgIpc) is 3.37. The van der Waals surface area contributed by atoms with E-state index in [0.29, 0.717) is 6.42 Å². The molecule has 1 heterocycles. The second-order valence-corrected chi connectivity index (χ2v) is 6.68. The number of carbonyl (C=O) groups excluding carboxylic acids is 2. The molecule has 3 aromatic rings. The van der Waals surface area contributed by atoms with Gasteiger partial charge in [0.05, 0.1) is 5.69 Å². The number of nitrogens with zero attached hydrogens (tertiary/aromatic N) is 2. The van der Waals surface area contributed by atoms with Crippen molar-refractivity contribution < 1.29 is 23.6 Å². The van der Waals surface area contributed by atoms with Gasteiger partial charge < -0.3 is 14.0 Å². The standard InChI is InChI=1S/C22H20N2O5/c25-21(27-14-16-8-3-1-4-9-16)24(20-18-12-7-13-19(18)23-29-20)22(26)28-15-17-10-5-2-6-11-17/h1-6,8-11H,7,12-15H2. The van der Waals surface area contributed by atoms with E-state index < -0.39 is 12.2 Å². The van der Waals surface area contributed by atoms with Crippen molar-refractivity contribution in [2.45, 2.75) is 32.5 Å². The summed E-state index contributed by atoms with van der Waals surface area (Å²) in [5.74, 6) is 0.0774. The molecular weight excluding hydrogens is 372 g/mol. The minimum Gasteiger partial charge on any atom is -0.444 e. The molecule has 0 radical (unpaired) electrons. The van der Waals surface area contributed by atoms with Crippen LogP contribution in [0.5, 0.6) is 0 Å². The van der Waals surface area contributed by atoms with E-state index in [4.69, 9.17) is 14.0 Å². The van der Waals surface area contributed by atoms with Crippen molar-refractivity contribution in [1.29, 1.82) is 0 Å². The highest BCUT2D eigenvalue weighted by molar-refractivity contribution is 6.08. The molecular formula is C22H20N2O5. The fraction of sp³-hybridized carbons (Fsp3) is 0.227. The lowest BCUT2D eigenvalue weighted by Gasteiger charge is -2.18. The van der Waals surface area contributed by atoms with Gasteiger partial charge in [-0.3, -0.25) is 0 Å². The number of hydrogen-bond donors (Lipinski definition) is 0. The second-order valence-electron chi connectivity index (χ2n) is 6.68. The third-order valence-corrected chi connectivity index (χ3v) is 4.67. The summed E-state index contributed by atoms with van der Waals surface area (Å²) in [7, 11) is 0. The Morgan fingerprint density at radius 3 is 1.97 bits per heavy atom. The molecule has 7 nitrogen and oxygen atoms in total. The number of anilines is 1. The van der Waals surface area contributed by atoms with Gasteiger partial charge in [0.2, 0.25) is 5.88 Å². The first-order valence-electron chi connectivity index (χ1n) is 9.41. The first-order valence-corrected chi connectivity index (χ1v) is 9.41. The molecule has 0 N–H and O–H groups in total. The van der Waals surface area contributed by atoms with Crippen LogP contribution in [0.1, 0.15) is 28.8 Å². The summed E-state index contributed by atoms with van der Waals surface area (Å²) in [5.41, 5.74) is 3.12. The third kappa shape index (κ3) is 4.29. The maximum Gasteiger partial charge on any atom is 0.426 e. The summed E-state index contributed by atoms with van der Waals surface area (Å²) < 4.78 is 16.0. The Morgan fingerprint density at radius 2 is 1.41 bits per heavy atom. The summed E-state index contributed by atoms with van der Waals surface area (Å²) in [6.07, 6.45) is 0.607. The number of aromatic nitrogens is 1. The number of carbonyl (C=O) groups is 2. The minimum atomic E-state index is -0.863. The van der Waals surface area contributed by atoms with Crippen molar-refractivity contribution >= 4 is 18.1 Å². The second kappa shape index (κ2) is 8.60. The molecule has 148 valence electrons. The van der Waals surface area contributed by atoms with Gasteiger partial charge in [0.1, 0.15) is 13.2 Å². The van der Waals surface area contributed by atoms with Gasteiger partial charge in [-0.25, -0.2) is 9.59 Å². The quantitative estimate of drug-likeness (QED) is 0.629. The summed E-state index contributed by atoms with van der Waals surface area (Å²) in [5, 5.41) is 3.99. The first kappa shape index (κ1) is 18.7. The van der Waals surface area contributed by atoms with Gasteiger partial charge >= 0.3 is 12.2 Å². The van der Waals surface area contributed by atoms with Crippen LogP contribution in [-0.4, -0.2) is 17.3 Å². The Hall–Kier alpha value is -3.61. The number of hydrogen-bond acceptors (Lipinski definition) is 6. The molecule has 0 atom stereocenters. The van der Waals surface area contributed by atoms with Crippen molar-refractivity contribution in [1.82, 2.24) is 5.16 Å². The molecule has 2 aromatic carbocycles. The fourth-order valence-corrected chi connectivity index (χ4v) is 3.20. The molecule has 1 aromatic heterocycles. The van der Waals surface area contributed by atoms with Crippen LogP contribution in [-0.2, 0) is 35.5 Å². The van der Waals surface area contributed by atoms with Crippen molar-refractivity contribution in [2.75, 3.05) is 4.90 Å². The van der Waals surface area contributed by atoms with E-state index in [1.807, 2.05) is 60.7 Å². The molecule has 2 amide bonds. The Balaban J connectivity index is 1.51. The molecule has 0 saturated heterocycles. The SMILES string of the molecule is O=C(OCc1ccccc1)N(C(=O)OCc1ccccc1)c1onc2c1CCC2. The van der Waals surface area contributed by atoms with Gasteiger partial charge in [-0.05, 0) is 30.4 Å². The van der Waals surface area contributed by atoms with Crippen molar-refractivity contribution in [3.05, 3.63) is 83.0 Å². The Morgan fingerprint density at radius 1 is 0.862 bits per heavy atom. The van der Waals surface area contributed by atoms with E-state index in [1.165, 1.54) is 0 Å². The van der Waals surface area contributed by atoms with Crippen LogP contribution in [0.25, 0.3) is 0 Å². The van der Waals surface area contributed by atoms with Gasteiger partial charge in [-0.2, -0.15) is 0 Å². The molecule has 0 fully saturated rings. The highest BCUT2D eigenvalue weighted by Gasteiger charge is 2.35. The molecule has 1 aliphatic carbocycles. The average molecular weight is 392 g/mol. The van der Waals surface area contributed by atoms with Crippen LogP contribution in [0.15, 0.2) is 65.2 Å². The number of rotatable bonds is 5. The van der Waals surface area contributed by atoms with Crippen LogP contribution in [0.3, 0.4) is 0 Å². The van der Waals surface area contributed by atoms with Gasteiger partial charge in [-0.1, -0.05) is 65.8 Å².